The molecule has 6 heteroatoms. The average molecular weight is 315 g/mol. The Morgan fingerprint density at radius 1 is 1.17 bits per heavy atom. The van der Waals surface area contributed by atoms with Crippen LogP contribution in [0.15, 0.2) is 43.0 Å². The van der Waals surface area contributed by atoms with Crippen LogP contribution in [0.5, 0.6) is 0 Å². The summed E-state index contributed by atoms with van der Waals surface area (Å²) in [5.74, 6) is 0. The summed E-state index contributed by atoms with van der Waals surface area (Å²) >= 11 is 0. The summed E-state index contributed by atoms with van der Waals surface area (Å²) < 4.78 is 5.21. The Hall–Kier alpha value is -2.47. The topological polar surface area (TPSA) is 84.3 Å². The molecular formula is C17H21N3O3. The number of aliphatic hydroxyl groups is 1. The second kappa shape index (κ2) is 7.19. The van der Waals surface area contributed by atoms with E-state index in [0.717, 1.165) is 16.7 Å². The van der Waals surface area contributed by atoms with Crippen LogP contribution in [0.1, 0.15) is 32.4 Å². The summed E-state index contributed by atoms with van der Waals surface area (Å²) in [6.45, 7) is 5.15. The Kier molecular flexibility index (Phi) is 5.28. The lowest BCUT2D eigenvalue weighted by Crippen LogP contribution is -2.36. The first kappa shape index (κ1) is 16.9. The molecule has 0 aliphatic heterocycles. The van der Waals surface area contributed by atoms with Gasteiger partial charge in [0.25, 0.3) is 0 Å². The van der Waals surface area contributed by atoms with E-state index in [1.807, 2.05) is 24.3 Å². The van der Waals surface area contributed by atoms with Gasteiger partial charge in [0.15, 0.2) is 0 Å². The zero-order chi connectivity index (χ0) is 16.9. The Bertz CT molecular complexity index is 636. The van der Waals surface area contributed by atoms with Gasteiger partial charge in [-0.05, 0) is 31.9 Å². The maximum Gasteiger partial charge on any atom is 0.408 e. The van der Waals surface area contributed by atoms with Gasteiger partial charge in [-0.1, -0.05) is 24.3 Å². The van der Waals surface area contributed by atoms with Gasteiger partial charge in [-0.25, -0.2) is 14.8 Å². The number of amides is 1. The van der Waals surface area contributed by atoms with E-state index >= 15 is 0 Å². The van der Waals surface area contributed by atoms with Crippen LogP contribution in [0.25, 0.3) is 11.1 Å². The fraction of sp³-hybridized carbons (Fsp3) is 0.353. The number of hydrogen-bond donors (Lipinski definition) is 2. The van der Waals surface area contributed by atoms with E-state index in [1.165, 1.54) is 6.33 Å². The van der Waals surface area contributed by atoms with Crippen LogP contribution in [0.2, 0.25) is 0 Å². The largest absolute Gasteiger partial charge is 0.444 e. The average Bonchev–Trinajstić information content (AvgIpc) is 2.52. The number of carbonyl (C=O) groups is 1. The molecule has 0 aliphatic rings. The fourth-order valence-electron chi connectivity index (χ4n) is 2.04. The van der Waals surface area contributed by atoms with E-state index in [4.69, 9.17) is 4.74 Å². The Morgan fingerprint density at radius 2 is 1.78 bits per heavy atom. The molecular weight excluding hydrogens is 294 g/mol. The third-order valence-corrected chi connectivity index (χ3v) is 3.08. The lowest BCUT2D eigenvalue weighted by molar-refractivity contribution is 0.0482. The summed E-state index contributed by atoms with van der Waals surface area (Å²) in [5, 5.41) is 12.2. The number of hydrogen-bond acceptors (Lipinski definition) is 5. The van der Waals surface area contributed by atoms with E-state index in [2.05, 4.69) is 15.3 Å². The molecule has 1 atom stereocenters. The van der Waals surface area contributed by atoms with Crippen molar-refractivity contribution in [2.24, 2.45) is 0 Å². The van der Waals surface area contributed by atoms with Crippen LogP contribution in [-0.4, -0.2) is 33.4 Å². The number of aliphatic hydroxyl groups excluding tert-OH is 1. The second-order valence-electron chi connectivity index (χ2n) is 6.13. The van der Waals surface area contributed by atoms with Crippen molar-refractivity contribution < 1.29 is 14.6 Å². The second-order valence-corrected chi connectivity index (χ2v) is 6.13. The van der Waals surface area contributed by atoms with Crippen molar-refractivity contribution in [3.05, 3.63) is 48.5 Å². The number of nitrogens with zero attached hydrogens (tertiary/aromatic N) is 2. The van der Waals surface area contributed by atoms with Crippen LogP contribution < -0.4 is 5.32 Å². The third-order valence-electron chi connectivity index (χ3n) is 3.08. The molecule has 6 nitrogen and oxygen atoms in total. The highest BCUT2D eigenvalue weighted by Gasteiger charge is 2.20. The molecule has 0 bridgehead atoms. The molecule has 1 aromatic heterocycles. The van der Waals surface area contributed by atoms with E-state index in [1.54, 1.807) is 33.2 Å². The van der Waals surface area contributed by atoms with Crippen LogP contribution in [0, 0.1) is 0 Å². The highest BCUT2D eigenvalue weighted by molar-refractivity contribution is 5.68. The standard InChI is InChI=1S/C17H21N3O3/c1-17(2,3)23-16(22)20-15(10-21)13-6-4-12(5-7-13)14-8-18-11-19-9-14/h4-9,11,15,21H,10H2,1-3H3,(H,20,22)/t15-/m0/s1. The van der Waals surface area contributed by atoms with Crippen LogP contribution in [0.4, 0.5) is 4.79 Å². The van der Waals surface area contributed by atoms with Crippen LogP contribution in [-0.2, 0) is 4.74 Å². The summed E-state index contributed by atoms with van der Waals surface area (Å²) in [7, 11) is 0. The normalized spacial score (nSPS) is 12.5. The van der Waals surface area contributed by atoms with Gasteiger partial charge in [-0.3, -0.25) is 0 Å². The van der Waals surface area contributed by atoms with E-state index in [-0.39, 0.29) is 6.61 Å². The van der Waals surface area contributed by atoms with Crippen molar-refractivity contribution in [2.45, 2.75) is 32.4 Å². The summed E-state index contributed by atoms with van der Waals surface area (Å²) in [6.07, 6.45) is 4.37. The van der Waals surface area contributed by atoms with Crippen molar-refractivity contribution in [3.8, 4) is 11.1 Å². The highest BCUT2D eigenvalue weighted by atomic mass is 16.6. The van der Waals surface area contributed by atoms with Gasteiger partial charge in [0, 0.05) is 18.0 Å². The lowest BCUT2D eigenvalue weighted by Gasteiger charge is -2.23. The maximum absolute atomic E-state index is 11.8. The predicted molar refractivity (Wildman–Crippen MR) is 86.7 cm³/mol. The Morgan fingerprint density at radius 3 is 2.30 bits per heavy atom. The summed E-state index contributed by atoms with van der Waals surface area (Å²) in [4.78, 5) is 19.8. The smallest absolute Gasteiger partial charge is 0.408 e. The van der Waals surface area contributed by atoms with E-state index < -0.39 is 17.7 Å². The van der Waals surface area contributed by atoms with Gasteiger partial charge < -0.3 is 15.2 Å². The fourth-order valence-corrected chi connectivity index (χ4v) is 2.04. The van der Waals surface area contributed by atoms with E-state index in [0.29, 0.717) is 0 Å². The molecule has 2 rings (SSSR count). The van der Waals surface area contributed by atoms with E-state index in [9.17, 15) is 9.90 Å². The molecule has 0 radical (unpaired) electrons. The third kappa shape index (κ3) is 5.03. The summed E-state index contributed by atoms with van der Waals surface area (Å²) in [6, 6.07) is 6.97. The first-order valence-corrected chi connectivity index (χ1v) is 7.35. The molecule has 2 N–H and O–H groups in total. The Balaban J connectivity index is 2.08. The van der Waals surface area contributed by atoms with Gasteiger partial charge in [-0.15, -0.1) is 0 Å². The number of nitrogens with one attached hydrogen (secondary N) is 1. The molecule has 0 unspecified atom stereocenters. The van der Waals surface area contributed by atoms with Gasteiger partial charge >= 0.3 is 6.09 Å². The van der Waals surface area contributed by atoms with Crippen LogP contribution >= 0.6 is 0 Å². The van der Waals surface area contributed by atoms with Crippen LogP contribution in [0.3, 0.4) is 0 Å². The molecule has 1 amide bonds. The minimum Gasteiger partial charge on any atom is -0.444 e. The molecule has 0 saturated heterocycles. The molecule has 0 aliphatic carbocycles. The molecule has 0 fully saturated rings. The summed E-state index contributed by atoms with van der Waals surface area (Å²) in [5.41, 5.74) is 2.07. The number of benzene rings is 1. The van der Waals surface area contributed by atoms with Gasteiger partial charge in [0.2, 0.25) is 0 Å². The monoisotopic (exact) mass is 315 g/mol. The predicted octanol–water partition coefficient (Wildman–Crippen LogP) is 2.70. The van der Waals surface area contributed by atoms with Gasteiger partial charge in [0.1, 0.15) is 11.9 Å². The minimum absolute atomic E-state index is 0.215. The molecule has 0 saturated carbocycles. The SMILES string of the molecule is CC(C)(C)OC(=O)N[C@@H](CO)c1ccc(-c2cncnc2)cc1. The molecule has 0 spiro atoms. The number of ether oxygens (including phenoxy) is 1. The number of aromatic nitrogens is 2. The van der Waals surface area contributed by atoms with Crippen molar-refractivity contribution in [1.82, 2.24) is 15.3 Å². The molecule has 1 heterocycles. The van der Waals surface area contributed by atoms with Crippen molar-refractivity contribution in [1.29, 1.82) is 0 Å². The zero-order valence-corrected chi connectivity index (χ0v) is 13.5. The van der Waals surface area contributed by atoms with Crippen molar-refractivity contribution in [2.75, 3.05) is 6.61 Å². The maximum atomic E-state index is 11.8. The molecule has 23 heavy (non-hydrogen) atoms. The van der Waals surface area contributed by atoms with Gasteiger partial charge in [0.05, 0.1) is 12.6 Å². The number of rotatable bonds is 4. The molecule has 1 aromatic carbocycles. The minimum atomic E-state index is -0.582. The molecule has 2 aromatic rings. The first-order valence-electron chi connectivity index (χ1n) is 7.35. The first-order chi connectivity index (χ1) is 10.9. The van der Waals surface area contributed by atoms with Crippen molar-refractivity contribution in [3.63, 3.8) is 0 Å². The van der Waals surface area contributed by atoms with Crippen molar-refractivity contribution >= 4 is 6.09 Å². The number of alkyl carbamates (subject to hydrolysis) is 1. The lowest BCUT2D eigenvalue weighted by atomic mass is 10.0. The Labute approximate surface area is 135 Å². The van der Waals surface area contributed by atoms with Gasteiger partial charge in [-0.2, -0.15) is 0 Å². The molecule has 122 valence electrons. The quantitative estimate of drug-likeness (QED) is 0.906. The zero-order valence-electron chi connectivity index (χ0n) is 13.5. The number of carbonyl (C=O) groups excluding carboxylic acids is 1. The highest BCUT2D eigenvalue weighted by Crippen LogP contribution is 2.21.